The van der Waals surface area contributed by atoms with E-state index >= 15 is 0 Å². The summed E-state index contributed by atoms with van der Waals surface area (Å²) in [4.78, 5) is 13.1. The van der Waals surface area contributed by atoms with Crippen LogP contribution in [0.25, 0.3) is 11.6 Å². The number of likely N-dealkylation sites (N-methyl/N-ethyl adjacent to an activating group) is 1. The zero-order valence-electron chi connectivity index (χ0n) is 17.8. The molecule has 0 N–H and O–H groups in total. The highest BCUT2D eigenvalue weighted by Gasteiger charge is 2.55. The van der Waals surface area contributed by atoms with Crippen LogP contribution < -0.4 is 9.47 Å². The first-order chi connectivity index (χ1) is 14.2. The fraction of sp³-hybridized carbons (Fsp3) is 0.391. The van der Waals surface area contributed by atoms with Crippen LogP contribution in [0.2, 0.25) is 0 Å². The Bertz CT molecular complexity index is 1020. The molecule has 1 saturated heterocycles. The molecule has 0 bridgehead atoms. The summed E-state index contributed by atoms with van der Waals surface area (Å²) < 4.78 is 18.6. The van der Waals surface area contributed by atoms with Crippen molar-refractivity contribution in [2.45, 2.75) is 44.7 Å². The quantitative estimate of drug-likeness (QED) is 0.539. The molecule has 2 heterocycles. The van der Waals surface area contributed by atoms with E-state index in [4.69, 9.17) is 14.2 Å². The van der Waals surface area contributed by atoms with Crippen LogP contribution in [-0.4, -0.2) is 41.5 Å². The maximum absolute atomic E-state index is 11.4. The Morgan fingerprint density at radius 1 is 1.23 bits per heavy atom. The van der Waals surface area contributed by atoms with Gasteiger partial charge in [0, 0.05) is 22.7 Å². The summed E-state index contributed by atoms with van der Waals surface area (Å²) in [6, 6.07) is 12.7. The van der Waals surface area contributed by atoms with E-state index in [1.54, 1.807) is 0 Å². The van der Waals surface area contributed by atoms with Gasteiger partial charge in [0.2, 0.25) is 0 Å². The minimum atomic E-state index is -1.20. The lowest BCUT2D eigenvalue weighted by atomic mass is 9.87. The molecule has 2 atom stereocenters. The average molecular weight is 410 g/mol. The van der Waals surface area contributed by atoms with Gasteiger partial charge in [-0.1, -0.05) is 30.3 Å². The van der Waals surface area contributed by atoms with E-state index in [-0.39, 0.29) is 17.3 Å². The summed E-state index contributed by atoms with van der Waals surface area (Å²) in [6.07, 6.45) is 2.68. The van der Waals surface area contributed by atoms with Gasteiger partial charge in [-0.05, 0) is 45.9 Å². The van der Waals surface area contributed by atoms with Crippen molar-refractivity contribution >= 4 is 17.3 Å². The van der Waals surface area contributed by atoms with Gasteiger partial charge in [-0.25, -0.2) is 4.90 Å². The Labute approximate surface area is 176 Å². The maximum Gasteiger partial charge on any atom is 0.302 e. The molecular formula is C23H26N2O5. The second-order valence-corrected chi connectivity index (χ2v) is 8.44. The van der Waals surface area contributed by atoms with Gasteiger partial charge >= 0.3 is 5.91 Å². The smallest absolute Gasteiger partial charge is 0.302 e. The van der Waals surface area contributed by atoms with Gasteiger partial charge in [0.25, 0.3) is 5.69 Å². The van der Waals surface area contributed by atoms with Crippen molar-refractivity contribution in [3.8, 4) is 11.5 Å². The third-order valence-corrected chi connectivity index (χ3v) is 5.96. The molecule has 158 valence electrons. The molecular weight excluding hydrogens is 384 g/mol. The van der Waals surface area contributed by atoms with Crippen molar-refractivity contribution in [1.29, 1.82) is 0 Å². The van der Waals surface area contributed by atoms with Crippen molar-refractivity contribution in [3.63, 3.8) is 0 Å². The van der Waals surface area contributed by atoms with Gasteiger partial charge in [-0.15, -0.1) is 0 Å². The zero-order chi connectivity index (χ0) is 21.7. The predicted molar refractivity (Wildman–Crippen MR) is 114 cm³/mol. The third-order valence-electron chi connectivity index (χ3n) is 5.96. The van der Waals surface area contributed by atoms with Crippen molar-refractivity contribution < 1.29 is 19.1 Å². The zero-order valence-corrected chi connectivity index (χ0v) is 17.8. The molecule has 2 unspecified atom stereocenters. The van der Waals surface area contributed by atoms with Gasteiger partial charge in [-0.3, -0.25) is 10.1 Å². The highest BCUT2D eigenvalue weighted by atomic mass is 16.7. The summed E-state index contributed by atoms with van der Waals surface area (Å²) in [5.41, 5.74) is 2.03. The summed E-state index contributed by atoms with van der Waals surface area (Å²) in [5, 5.41) is 11.4. The van der Waals surface area contributed by atoms with E-state index < -0.39 is 10.8 Å². The van der Waals surface area contributed by atoms with E-state index in [1.165, 1.54) is 19.2 Å². The SMILES string of the molecule is COc1cc([N+](=O)[O-])cc2c1OC1(OC(C)CC(C)(C)N1C)C(c1ccccc1)=C2. The Hall–Kier alpha value is -2.90. The first-order valence-electron chi connectivity index (χ1n) is 9.93. The molecule has 7 heteroatoms. The van der Waals surface area contributed by atoms with Crippen LogP contribution in [0.3, 0.4) is 0 Å². The number of hydrogen-bond donors (Lipinski definition) is 0. The molecule has 0 aliphatic carbocycles. The van der Waals surface area contributed by atoms with Crippen LogP contribution in [0.15, 0.2) is 42.5 Å². The lowest BCUT2D eigenvalue weighted by Gasteiger charge is -2.56. The van der Waals surface area contributed by atoms with Gasteiger partial charge in [-0.2, -0.15) is 0 Å². The maximum atomic E-state index is 11.4. The van der Waals surface area contributed by atoms with E-state index in [2.05, 4.69) is 18.7 Å². The van der Waals surface area contributed by atoms with Crippen LogP contribution in [0.4, 0.5) is 5.69 Å². The van der Waals surface area contributed by atoms with Gasteiger partial charge in [0.05, 0.1) is 24.2 Å². The number of non-ortho nitro benzene ring substituents is 1. The lowest BCUT2D eigenvalue weighted by molar-refractivity contribution is -0.385. The number of rotatable bonds is 3. The lowest BCUT2D eigenvalue weighted by Crippen LogP contribution is -2.67. The molecule has 0 aromatic heterocycles. The largest absolute Gasteiger partial charge is 0.493 e. The van der Waals surface area contributed by atoms with Crippen molar-refractivity contribution in [3.05, 3.63) is 63.7 Å². The summed E-state index contributed by atoms with van der Waals surface area (Å²) in [7, 11) is 3.45. The number of benzene rings is 2. The number of fused-ring (bicyclic) bond motifs is 1. The number of hydrogen-bond acceptors (Lipinski definition) is 6. The molecule has 0 amide bonds. The minimum absolute atomic E-state index is 0.0552. The monoisotopic (exact) mass is 410 g/mol. The van der Waals surface area contributed by atoms with Crippen molar-refractivity contribution in [2.24, 2.45) is 0 Å². The summed E-state index contributed by atoms with van der Waals surface area (Å²) in [6.45, 7) is 6.34. The van der Waals surface area contributed by atoms with Gasteiger partial charge in [0.1, 0.15) is 0 Å². The van der Waals surface area contributed by atoms with Crippen LogP contribution in [0, 0.1) is 10.1 Å². The molecule has 7 nitrogen and oxygen atoms in total. The van der Waals surface area contributed by atoms with E-state index in [0.717, 1.165) is 17.6 Å². The van der Waals surface area contributed by atoms with Crippen LogP contribution >= 0.6 is 0 Å². The molecule has 30 heavy (non-hydrogen) atoms. The Morgan fingerprint density at radius 3 is 2.57 bits per heavy atom. The van der Waals surface area contributed by atoms with E-state index in [1.807, 2.05) is 50.4 Å². The number of nitro benzene ring substituents is 1. The molecule has 0 radical (unpaired) electrons. The molecule has 4 rings (SSSR count). The van der Waals surface area contributed by atoms with Gasteiger partial charge < -0.3 is 14.2 Å². The summed E-state index contributed by atoms with van der Waals surface area (Å²) in [5.74, 6) is -0.464. The predicted octanol–water partition coefficient (Wildman–Crippen LogP) is 4.71. The third kappa shape index (κ3) is 3.14. The fourth-order valence-electron chi connectivity index (χ4n) is 4.37. The molecule has 2 aromatic carbocycles. The second-order valence-electron chi connectivity index (χ2n) is 8.44. The van der Waals surface area contributed by atoms with Crippen LogP contribution in [-0.2, 0) is 4.74 Å². The minimum Gasteiger partial charge on any atom is -0.493 e. The Kier molecular flexibility index (Phi) is 4.83. The molecule has 2 aliphatic heterocycles. The molecule has 2 aromatic rings. The summed E-state index contributed by atoms with van der Waals surface area (Å²) >= 11 is 0. The van der Waals surface area contributed by atoms with E-state index in [9.17, 15) is 10.1 Å². The second kappa shape index (κ2) is 7.11. The molecule has 1 spiro atoms. The first-order valence-corrected chi connectivity index (χ1v) is 9.93. The van der Waals surface area contributed by atoms with E-state index in [0.29, 0.717) is 17.1 Å². The highest BCUT2D eigenvalue weighted by molar-refractivity contribution is 5.90. The number of nitrogens with zero attached hydrogens (tertiary/aromatic N) is 2. The number of ether oxygens (including phenoxy) is 3. The van der Waals surface area contributed by atoms with Crippen molar-refractivity contribution in [2.75, 3.05) is 14.2 Å². The average Bonchev–Trinajstić information content (AvgIpc) is 2.71. The van der Waals surface area contributed by atoms with Crippen LogP contribution in [0.1, 0.15) is 38.3 Å². The molecule has 1 fully saturated rings. The standard InChI is InChI=1S/C23H26N2O5/c1-15-14-22(2,3)24(4)23(29-15)19(16-9-7-6-8-10-16)12-17-11-18(25(26)27)13-20(28-5)21(17)30-23/h6-13,15H,14H2,1-5H3. The Morgan fingerprint density at radius 2 is 1.93 bits per heavy atom. The Balaban J connectivity index is 2.00. The van der Waals surface area contributed by atoms with Gasteiger partial charge in [0.15, 0.2) is 11.5 Å². The molecule has 0 saturated carbocycles. The normalized spacial score (nSPS) is 25.2. The van der Waals surface area contributed by atoms with Crippen molar-refractivity contribution in [1.82, 2.24) is 4.90 Å². The van der Waals surface area contributed by atoms with Crippen LogP contribution in [0.5, 0.6) is 11.5 Å². The number of methoxy groups -OCH3 is 1. The molecule has 2 aliphatic rings. The highest BCUT2D eigenvalue weighted by Crippen LogP contribution is 2.52. The fourth-order valence-corrected chi connectivity index (χ4v) is 4.37. The first kappa shape index (κ1) is 20.4. The number of nitro groups is 1. The topological polar surface area (TPSA) is 74.1 Å².